The summed E-state index contributed by atoms with van der Waals surface area (Å²) in [5, 5.41) is 0. The third-order valence-electron chi connectivity index (χ3n) is 0. The Bertz CT molecular complexity index is 24.1. The quantitative estimate of drug-likeness (QED) is 0.474. The van der Waals surface area contributed by atoms with E-state index in [1.807, 2.05) is 0 Å². The maximum absolute atomic E-state index is 10.2. The summed E-state index contributed by atoms with van der Waals surface area (Å²) >= 11 is 0. The summed E-state index contributed by atoms with van der Waals surface area (Å²) in [5.41, 5.74) is 0. The molecule has 0 amide bonds. The fraction of sp³-hybridized carbons (Fsp3) is 0.333. The Morgan fingerprint density at radius 2 is 1.43 bits per heavy atom. The molecule has 0 aliphatic carbocycles. The molecule has 0 heterocycles. The van der Waals surface area contributed by atoms with Gasteiger partial charge in [0.2, 0.25) is 0 Å². The van der Waals surface area contributed by atoms with Crippen LogP contribution in [0.1, 0.15) is 0 Å². The Morgan fingerprint density at radius 3 is 1.43 bits per heavy atom. The number of hydrogen-bond acceptors (Lipinski definition) is 1. The van der Waals surface area contributed by atoms with E-state index in [-0.39, 0.29) is 31.1 Å². The predicted molar refractivity (Wildman–Crippen MR) is 18.1 cm³/mol. The van der Waals surface area contributed by atoms with E-state index in [1.54, 1.807) is 0 Å². The summed E-state index contributed by atoms with van der Waals surface area (Å²) in [6, 6.07) is 0. The third kappa shape index (κ3) is 408. The molecule has 0 aliphatic heterocycles. The molecule has 0 saturated heterocycles. The van der Waals surface area contributed by atoms with Crippen LogP contribution >= 0.6 is 0 Å². The second kappa shape index (κ2) is 16.0. The van der Waals surface area contributed by atoms with E-state index in [2.05, 4.69) is 13.7 Å². The predicted octanol–water partition coefficient (Wildman–Crippen LogP) is 0.811. The van der Waals surface area contributed by atoms with Gasteiger partial charge in [-0.3, -0.25) is 13.7 Å². The van der Waals surface area contributed by atoms with E-state index in [9.17, 15) is 8.78 Å². The van der Waals surface area contributed by atoms with Gasteiger partial charge in [0.25, 0.3) is 0 Å². The molecule has 0 atom stereocenters. The average Bonchev–Trinajstić information content (AvgIpc) is 1.41. The van der Waals surface area contributed by atoms with Crippen molar-refractivity contribution in [1.29, 1.82) is 0 Å². The van der Waals surface area contributed by atoms with Gasteiger partial charge in [-0.2, -0.15) is 0 Å². The van der Waals surface area contributed by atoms with Crippen LogP contribution in [0.25, 0.3) is 0 Å². The molecule has 0 spiro atoms. The molecule has 0 bridgehead atoms. The summed E-state index contributed by atoms with van der Waals surface area (Å²) in [6.07, 6.45) is -2.42. The maximum atomic E-state index is 10.2. The minimum Gasteiger partial charge on any atom is -0.545 e. The second-order valence-electron chi connectivity index (χ2n) is 0.391. The molecule has 7 heavy (non-hydrogen) atoms. The standard InChI is InChI=1S/C2H3F2.CHO.U/c1-2(3)4;1-2;/h2H,1H2;1H;/q2*-1;+2. The number of carbonyl (C=O) groups excluding carboxylic acids is 1. The van der Waals surface area contributed by atoms with Crippen LogP contribution in [-0.2, 0) is 4.79 Å². The van der Waals surface area contributed by atoms with Gasteiger partial charge in [0.15, 0.2) is 0 Å². The van der Waals surface area contributed by atoms with Crippen molar-refractivity contribution in [2.24, 2.45) is 0 Å². The molecule has 0 aromatic rings. The van der Waals surface area contributed by atoms with Crippen LogP contribution in [0.15, 0.2) is 0 Å². The smallest absolute Gasteiger partial charge is 0.545 e. The number of rotatable bonds is 0. The van der Waals surface area contributed by atoms with Crippen LogP contribution in [0.4, 0.5) is 8.78 Å². The first-order chi connectivity index (χ1) is 2.73. The number of alkyl halides is 2. The zero-order valence-corrected chi connectivity index (χ0v) is 7.69. The van der Waals surface area contributed by atoms with Gasteiger partial charge < -0.3 is 4.79 Å². The van der Waals surface area contributed by atoms with Crippen LogP contribution in [0.3, 0.4) is 0 Å². The summed E-state index contributed by atoms with van der Waals surface area (Å²) in [4.78, 5) is 7.75. The summed E-state index contributed by atoms with van der Waals surface area (Å²) < 4.78 is 20.4. The molecular formula is C3H4F2OU. The van der Waals surface area contributed by atoms with Gasteiger partial charge in [0, 0.05) is 0 Å². The molecule has 0 unspecified atom stereocenters. The minimum absolute atomic E-state index is 0. The molecule has 0 rings (SSSR count). The monoisotopic (exact) mass is 332 g/mol. The summed E-state index contributed by atoms with van der Waals surface area (Å²) in [7, 11) is 0. The molecule has 0 saturated carbocycles. The Hall–Kier alpha value is 0.582. The average molecular weight is 332 g/mol. The molecule has 40 valence electrons. The van der Waals surface area contributed by atoms with Gasteiger partial charge in [-0.15, -0.1) is 0 Å². The fourth-order valence-corrected chi connectivity index (χ4v) is 0. The molecule has 0 aromatic carbocycles. The van der Waals surface area contributed by atoms with Crippen molar-refractivity contribution in [2.75, 3.05) is 0 Å². The molecule has 0 aromatic heterocycles. The van der Waals surface area contributed by atoms with Gasteiger partial charge in [0.05, 0.1) is 0 Å². The van der Waals surface area contributed by atoms with Crippen molar-refractivity contribution in [3.8, 4) is 0 Å². The minimum atomic E-state index is -2.42. The number of hydrogen-bond donors (Lipinski definition) is 0. The molecule has 0 radical (unpaired) electrons. The Kier molecular flexibility index (Phi) is 35.7. The molecule has 4 heteroatoms. The summed E-state index contributed by atoms with van der Waals surface area (Å²) in [6.45, 7) is 5.56. The van der Waals surface area contributed by atoms with Crippen LogP contribution in [0.5, 0.6) is 0 Å². The van der Waals surface area contributed by atoms with E-state index in [1.165, 1.54) is 0 Å². The molecular weight excluding hydrogens is 328 g/mol. The first kappa shape index (κ1) is 15.6. The first-order valence-electron chi connectivity index (χ1n) is 1.08. The second-order valence-corrected chi connectivity index (χ2v) is 0.391. The van der Waals surface area contributed by atoms with Gasteiger partial charge in [-0.25, -0.2) is 8.78 Å². The first-order valence-corrected chi connectivity index (χ1v) is 1.08. The zero-order valence-electron chi connectivity index (χ0n) is 3.53. The van der Waals surface area contributed by atoms with Crippen molar-refractivity contribution in [3.05, 3.63) is 6.92 Å². The SMILES string of the molecule is [CH-]=O.[CH2-]C(F)F.[U+2]. The van der Waals surface area contributed by atoms with E-state index >= 15 is 0 Å². The van der Waals surface area contributed by atoms with Crippen LogP contribution in [0, 0.1) is 38.0 Å². The zero-order chi connectivity index (χ0) is 5.58. The Balaban J connectivity index is -0.0000000480. The van der Waals surface area contributed by atoms with E-state index < -0.39 is 6.43 Å². The van der Waals surface area contributed by atoms with Crippen molar-refractivity contribution in [2.45, 2.75) is 6.43 Å². The molecule has 1 nitrogen and oxygen atoms in total. The molecule has 0 aliphatic rings. The van der Waals surface area contributed by atoms with Crippen LogP contribution in [-0.4, -0.2) is 13.2 Å². The van der Waals surface area contributed by atoms with Crippen molar-refractivity contribution >= 4 is 6.79 Å². The van der Waals surface area contributed by atoms with Crippen molar-refractivity contribution < 1.29 is 44.7 Å². The van der Waals surface area contributed by atoms with Gasteiger partial charge in [-0.1, -0.05) is 0 Å². The van der Waals surface area contributed by atoms with Crippen LogP contribution in [0.2, 0.25) is 0 Å². The fourth-order valence-electron chi connectivity index (χ4n) is 0. The van der Waals surface area contributed by atoms with Crippen LogP contribution < -0.4 is 0 Å². The normalized spacial score (nSPS) is 5.71. The van der Waals surface area contributed by atoms with Gasteiger partial charge >= 0.3 is 31.1 Å². The topological polar surface area (TPSA) is 17.1 Å². The van der Waals surface area contributed by atoms with E-state index in [4.69, 9.17) is 4.79 Å². The number of halogens is 2. The van der Waals surface area contributed by atoms with E-state index in [0.717, 1.165) is 0 Å². The van der Waals surface area contributed by atoms with Gasteiger partial charge in [-0.05, 0) is 0 Å². The van der Waals surface area contributed by atoms with E-state index in [0.29, 0.717) is 0 Å². The Morgan fingerprint density at radius 1 is 1.43 bits per heavy atom. The summed E-state index contributed by atoms with van der Waals surface area (Å²) in [5.74, 6) is 0. The largest absolute Gasteiger partial charge is 2.00 e. The Labute approximate surface area is 64.8 Å². The van der Waals surface area contributed by atoms with Gasteiger partial charge in [0.1, 0.15) is 6.43 Å². The van der Waals surface area contributed by atoms with Crippen molar-refractivity contribution in [1.82, 2.24) is 0 Å². The maximum Gasteiger partial charge on any atom is 2.00 e. The molecule has 0 fully saturated rings. The molecule has 0 N–H and O–H groups in total. The third-order valence-corrected chi connectivity index (χ3v) is 0. The van der Waals surface area contributed by atoms with Crippen molar-refractivity contribution in [3.63, 3.8) is 0 Å².